The van der Waals surface area contributed by atoms with Gasteiger partial charge in [0.1, 0.15) is 0 Å². The molecule has 1 atom stereocenters. The predicted octanol–water partition coefficient (Wildman–Crippen LogP) is 2.95. The zero-order chi connectivity index (χ0) is 21.2. The summed E-state index contributed by atoms with van der Waals surface area (Å²) in [6.45, 7) is 9.49. The molecule has 0 aromatic heterocycles. The van der Waals surface area contributed by atoms with Crippen molar-refractivity contribution in [3.05, 3.63) is 59.2 Å². The molecule has 2 aromatic rings. The van der Waals surface area contributed by atoms with Crippen LogP contribution in [0, 0.1) is 20.8 Å². The monoisotopic (exact) mass is 415 g/mol. The highest BCUT2D eigenvalue weighted by Crippen LogP contribution is 2.21. The Labute approximate surface area is 173 Å². The molecule has 3 rings (SSSR count). The number of carbonyl (C=O) groups excluding carboxylic acids is 1. The summed E-state index contributed by atoms with van der Waals surface area (Å²) in [5.41, 5.74) is 3.85. The van der Waals surface area contributed by atoms with Crippen molar-refractivity contribution in [2.24, 2.45) is 0 Å². The van der Waals surface area contributed by atoms with Gasteiger partial charge in [0, 0.05) is 31.9 Å². The molecule has 1 heterocycles. The zero-order valence-electron chi connectivity index (χ0n) is 17.5. The molecule has 0 saturated carbocycles. The second-order valence-electron chi connectivity index (χ2n) is 7.67. The summed E-state index contributed by atoms with van der Waals surface area (Å²) in [5.74, 6) is -0.0789. The topological polar surface area (TPSA) is 69.7 Å². The van der Waals surface area contributed by atoms with Gasteiger partial charge in [-0.3, -0.25) is 9.69 Å². The Balaban J connectivity index is 1.62. The lowest BCUT2D eigenvalue weighted by molar-refractivity contribution is -0.121. The first-order chi connectivity index (χ1) is 13.7. The normalized spacial score (nSPS) is 17.1. The number of piperazine rings is 1. The van der Waals surface area contributed by atoms with E-state index in [2.05, 4.69) is 5.32 Å². The first-order valence-electron chi connectivity index (χ1n) is 9.88. The summed E-state index contributed by atoms with van der Waals surface area (Å²) < 4.78 is 27.4. The quantitative estimate of drug-likeness (QED) is 0.815. The number of hydrogen-bond donors (Lipinski definition) is 1. The molecule has 0 bridgehead atoms. The minimum Gasteiger partial charge on any atom is -0.324 e. The van der Waals surface area contributed by atoms with E-state index >= 15 is 0 Å². The van der Waals surface area contributed by atoms with Gasteiger partial charge in [-0.2, -0.15) is 4.31 Å². The van der Waals surface area contributed by atoms with Gasteiger partial charge in [0.05, 0.1) is 10.9 Å². The van der Waals surface area contributed by atoms with Crippen LogP contribution in [-0.2, 0) is 14.8 Å². The Morgan fingerprint density at radius 2 is 1.59 bits per heavy atom. The molecular weight excluding hydrogens is 386 g/mol. The predicted molar refractivity (Wildman–Crippen MR) is 116 cm³/mol. The summed E-state index contributed by atoms with van der Waals surface area (Å²) in [4.78, 5) is 15.0. The Bertz CT molecular complexity index is 996. The number of anilines is 1. The number of carbonyl (C=O) groups is 1. The molecule has 1 fully saturated rings. The van der Waals surface area contributed by atoms with Gasteiger partial charge in [-0.25, -0.2) is 8.42 Å². The molecule has 1 saturated heterocycles. The number of nitrogens with one attached hydrogen (secondary N) is 1. The fourth-order valence-electron chi connectivity index (χ4n) is 3.47. The molecule has 2 aromatic carbocycles. The van der Waals surface area contributed by atoms with E-state index in [-0.39, 0.29) is 11.9 Å². The number of aryl methyl sites for hydroxylation is 3. The van der Waals surface area contributed by atoms with E-state index in [4.69, 9.17) is 0 Å². The maximum absolute atomic E-state index is 13.0. The van der Waals surface area contributed by atoms with Gasteiger partial charge in [0.15, 0.2) is 0 Å². The average molecular weight is 416 g/mol. The van der Waals surface area contributed by atoms with E-state index in [1.807, 2.05) is 62.9 Å². The highest BCUT2D eigenvalue weighted by atomic mass is 32.2. The maximum Gasteiger partial charge on any atom is 0.243 e. The summed E-state index contributed by atoms with van der Waals surface area (Å²) in [5, 5.41) is 2.97. The first-order valence-corrected chi connectivity index (χ1v) is 11.3. The Kier molecular flexibility index (Phi) is 6.41. The van der Waals surface area contributed by atoms with E-state index in [1.54, 1.807) is 12.1 Å². The Morgan fingerprint density at radius 1 is 0.931 bits per heavy atom. The van der Waals surface area contributed by atoms with E-state index in [9.17, 15) is 13.2 Å². The highest BCUT2D eigenvalue weighted by molar-refractivity contribution is 7.89. The van der Waals surface area contributed by atoms with Crippen molar-refractivity contribution in [1.82, 2.24) is 9.21 Å². The van der Waals surface area contributed by atoms with Gasteiger partial charge in [-0.05, 0) is 62.6 Å². The molecule has 7 heteroatoms. The fourth-order valence-corrected chi connectivity index (χ4v) is 4.98. The van der Waals surface area contributed by atoms with Crippen LogP contribution < -0.4 is 5.32 Å². The summed E-state index contributed by atoms with van der Waals surface area (Å²) in [6, 6.07) is 12.6. The molecular formula is C22H29N3O3S. The van der Waals surface area contributed by atoms with Crippen LogP contribution in [0.1, 0.15) is 23.6 Å². The summed E-state index contributed by atoms with van der Waals surface area (Å²) in [7, 11) is -3.52. The van der Waals surface area contributed by atoms with Crippen molar-refractivity contribution in [2.45, 2.75) is 38.6 Å². The third kappa shape index (κ3) is 4.69. The fraction of sp³-hybridized carbons (Fsp3) is 0.409. The van der Waals surface area contributed by atoms with Crippen molar-refractivity contribution in [3.8, 4) is 0 Å². The molecule has 1 aliphatic heterocycles. The van der Waals surface area contributed by atoms with E-state index < -0.39 is 10.0 Å². The lowest BCUT2D eigenvalue weighted by Crippen LogP contribution is -2.53. The second kappa shape index (κ2) is 8.65. The molecule has 156 valence electrons. The summed E-state index contributed by atoms with van der Waals surface area (Å²) in [6.07, 6.45) is 0. The van der Waals surface area contributed by atoms with Gasteiger partial charge >= 0.3 is 0 Å². The third-order valence-corrected chi connectivity index (χ3v) is 7.61. The maximum atomic E-state index is 13.0. The van der Waals surface area contributed by atoms with Crippen molar-refractivity contribution < 1.29 is 13.2 Å². The van der Waals surface area contributed by atoms with Gasteiger partial charge in [0.25, 0.3) is 0 Å². The van der Waals surface area contributed by atoms with Gasteiger partial charge in [-0.15, -0.1) is 0 Å². The molecule has 1 aliphatic rings. The molecule has 1 amide bonds. The van der Waals surface area contributed by atoms with Gasteiger partial charge in [0.2, 0.25) is 15.9 Å². The number of benzene rings is 2. The number of amides is 1. The minimum absolute atomic E-state index is 0.0789. The van der Waals surface area contributed by atoms with E-state index in [0.717, 1.165) is 22.4 Å². The molecule has 29 heavy (non-hydrogen) atoms. The van der Waals surface area contributed by atoms with Crippen LogP contribution in [-0.4, -0.2) is 55.8 Å². The van der Waals surface area contributed by atoms with Crippen molar-refractivity contribution in [2.75, 3.05) is 31.5 Å². The lowest BCUT2D eigenvalue weighted by Gasteiger charge is -2.36. The standard InChI is InChI=1S/C22H29N3O3S/c1-16-9-10-20(15-18(16)3)29(27,28)25-13-11-24(12-14-25)19(4)22(26)23-21-8-6-5-7-17(21)2/h5-10,15,19H,11-14H2,1-4H3,(H,23,26). The van der Waals surface area contributed by atoms with Gasteiger partial charge < -0.3 is 5.32 Å². The number of hydrogen-bond acceptors (Lipinski definition) is 4. The average Bonchev–Trinajstić information content (AvgIpc) is 2.71. The minimum atomic E-state index is -3.52. The molecule has 0 radical (unpaired) electrons. The van der Waals surface area contributed by atoms with Crippen LogP contribution in [0.2, 0.25) is 0 Å². The number of nitrogens with zero attached hydrogens (tertiary/aromatic N) is 2. The van der Waals surface area contributed by atoms with Crippen LogP contribution in [0.25, 0.3) is 0 Å². The van der Waals surface area contributed by atoms with Crippen LogP contribution in [0.15, 0.2) is 47.4 Å². The van der Waals surface area contributed by atoms with Crippen LogP contribution in [0.5, 0.6) is 0 Å². The van der Waals surface area contributed by atoms with Crippen LogP contribution in [0.3, 0.4) is 0 Å². The van der Waals surface area contributed by atoms with Crippen molar-refractivity contribution >= 4 is 21.6 Å². The molecule has 0 aliphatic carbocycles. The van der Waals surface area contributed by atoms with Crippen LogP contribution >= 0.6 is 0 Å². The lowest BCUT2D eigenvalue weighted by atomic mass is 10.1. The second-order valence-corrected chi connectivity index (χ2v) is 9.60. The molecule has 1 unspecified atom stereocenters. The van der Waals surface area contributed by atoms with E-state index in [0.29, 0.717) is 31.1 Å². The number of para-hydroxylation sites is 1. The number of rotatable bonds is 5. The highest BCUT2D eigenvalue weighted by Gasteiger charge is 2.32. The third-order valence-electron chi connectivity index (χ3n) is 5.72. The molecule has 1 N–H and O–H groups in total. The summed E-state index contributed by atoms with van der Waals surface area (Å²) >= 11 is 0. The zero-order valence-corrected chi connectivity index (χ0v) is 18.3. The molecule has 0 spiro atoms. The van der Waals surface area contributed by atoms with Crippen molar-refractivity contribution in [3.63, 3.8) is 0 Å². The largest absolute Gasteiger partial charge is 0.324 e. The Hall–Kier alpha value is -2.22. The van der Waals surface area contributed by atoms with E-state index in [1.165, 1.54) is 4.31 Å². The number of sulfonamides is 1. The first kappa shape index (κ1) is 21.5. The SMILES string of the molecule is Cc1ccc(S(=O)(=O)N2CCN(C(C)C(=O)Nc3ccccc3C)CC2)cc1C. The van der Waals surface area contributed by atoms with Gasteiger partial charge in [-0.1, -0.05) is 24.3 Å². The van der Waals surface area contributed by atoms with Crippen LogP contribution in [0.4, 0.5) is 5.69 Å². The smallest absolute Gasteiger partial charge is 0.243 e. The Morgan fingerprint density at radius 3 is 2.21 bits per heavy atom. The van der Waals surface area contributed by atoms with Crippen molar-refractivity contribution in [1.29, 1.82) is 0 Å². The molecule has 6 nitrogen and oxygen atoms in total.